The normalized spacial score (nSPS) is 30.2. The van der Waals surface area contributed by atoms with Gasteiger partial charge in [0, 0.05) is 5.54 Å². The molecule has 0 aromatic carbocycles. The van der Waals surface area contributed by atoms with Crippen LogP contribution in [0, 0.1) is 0 Å². The van der Waals surface area contributed by atoms with E-state index in [0.717, 1.165) is 32.1 Å². The van der Waals surface area contributed by atoms with Crippen LogP contribution in [-0.2, 0) is 0 Å². The van der Waals surface area contributed by atoms with Crippen LogP contribution in [0.4, 0.5) is 0 Å². The Bertz CT molecular complexity index is 220. The second-order valence-electron chi connectivity index (χ2n) is 5.07. The first kappa shape index (κ1) is 13.2. The molecule has 2 unspecified atom stereocenters. The first-order valence-corrected chi connectivity index (χ1v) is 6.00. The SMILES string of the molecule is [B]C1CCC([B])([B])N1C(C)(CC)CCC. The van der Waals surface area contributed by atoms with E-state index in [-0.39, 0.29) is 11.5 Å². The van der Waals surface area contributed by atoms with E-state index in [4.69, 9.17) is 23.5 Å². The first-order valence-electron chi connectivity index (χ1n) is 6.00. The van der Waals surface area contributed by atoms with Gasteiger partial charge in [0.1, 0.15) is 0 Å². The maximum Gasteiger partial charge on any atom is 0.0910 e. The summed E-state index contributed by atoms with van der Waals surface area (Å²) in [5.74, 6) is 0.0106. The van der Waals surface area contributed by atoms with Crippen LogP contribution in [0.3, 0.4) is 0 Å². The Labute approximate surface area is 98.6 Å². The maximum atomic E-state index is 6.13. The molecule has 0 N–H and O–H groups in total. The van der Waals surface area contributed by atoms with Crippen LogP contribution < -0.4 is 0 Å². The van der Waals surface area contributed by atoms with E-state index < -0.39 is 5.34 Å². The summed E-state index contributed by atoms with van der Waals surface area (Å²) in [5.41, 5.74) is 0.0359. The predicted octanol–water partition coefficient (Wildman–Crippen LogP) is 1.54. The van der Waals surface area contributed by atoms with Crippen LogP contribution in [-0.4, -0.2) is 45.3 Å². The molecule has 0 aliphatic carbocycles. The van der Waals surface area contributed by atoms with Crippen molar-refractivity contribution in [3.05, 3.63) is 0 Å². The molecule has 6 radical (unpaired) electrons. The summed E-state index contributed by atoms with van der Waals surface area (Å²) in [6.07, 6.45) is 4.93. The summed E-state index contributed by atoms with van der Waals surface area (Å²) < 4.78 is 0. The lowest BCUT2D eigenvalue weighted by molar-refractivity contribution is 0.0753. The van der Waals surface area contributed by atoms with Gasteiger partial charge in [-0.2, -0.15) is 0 Å². The molecule has 1 saturated heterocycles. The van der Waals surface area contributed by atoms with Crippen LogP contribution in [0.15, 0.2) is 0 Å². The molecule has 15 heavy (non-hydrogen) atoms. The van der Waals surface area contributed by atoms with E-state index in [1.54, 1.807) is 0 Å². The van der Waals surface area contributed by atoms with Gasteiger partial charge < -0.3 is 4.90 Å². The molecule has 1 rings (SSSR count). The summed E-state index contributed by atoms with van der Waals surface area (Å²) in [4.78, 5) is 2.13. The number of nitrogens with zero attached hydrogens (tertiary/aromatic N) is 1. The molecular weight excluding hydrogens is 179 g/mol. The number of rotatable bonds is 4. The summed E-state index contributed by atoms with van der Waals surface area (Å²) in [6, 6.07) is 0. The van der Waals surface area contributed by atoms with Gasteiger partial charge >= 0.3 is 0 Å². The predicted molar refractivity (Wildman–Crippen MR) is 68.5 cm³/mol. The summed E-state index contributed by atoms with van der Waals surface area (Å²) >= 11 is 0. The Balaban J connectivity index is 2.91. The molecule has 0 aromatic heterocycles. The average Bonchev–Trinajstić information content (AvgIpc) is 2.41. The average molecular weight is 199 g/mol. The Morgan fingerprint density at radius 2 is 2.00 bits per heavy atom. The zero-order chi connectivity index (χ0) is 11.7. The van der Waals surface area contributed by atoms with Crippen molar-refractivity contribution in [2.75, 3.05) is 0 Å². The Morgan fingerprint density at radius 1 is 1.40 bits per heavy atom. The van der Waals surface area contributed by atoms with Crippen molar-refractivity contribution in [2.24, 2.45) is 0 Å². The molecule has 0 spiro atoms. The van der Waals surface area contributed by atoms with Crippen molar-refractivity contribution in [2.45, 2.75) is 69.7 Å². The number of hydrogen-bond donors (Lipinski definition) is 0. The van der Waals surface area contributed by atoms with Crippen LogP contribution >= 0.6 is 0 Å². The molecule has 0 saturated carbocycles. The molecule has 1 fully saturated rings. The van der Waals surface area contributed by atoms with E-state index in [0.29, 0.717) is 0 Å². The Kier molecular flexibility index (Phi) is 4.03. The Hall–Kier alpha value is 0.155. The summed E-state index contributed by atoms with van der Waals surface area (Å²) in [6.45, 7) is 6.58. The zero-order valence-electron chi connectivity index (χ0n) is 10.3. The summed E-state index contributed by atoms with van der Waals surface area (Å²) in [5, 5.41) is -0.723. The zero-order valence-corrected chi connectivity index (χ0v) is 10.3. The van der Waals surface area contributed by atoms with Gasteiger partial charge in [-0.25, -0.2) is 0 Å². The largest absolute Gasteiger partial charge is 0.315 e. The van der Waals surface area contributed by atoms with Gasteiger partial charge in [-0.3, -0.25) is 0 Å². The van der Waals surface area contributed by atoms with Gasteiger partial charge in [-0.05, 0) is 32.1 Å². The van der Waals surface area contributed by atoms with Crippen LogP contribution in [0.1, 0.15) is 52.9 Å². The van der Waals surface area contributed by atoms with E-state index >= 15 is 0 Å². The molecule has 78 valence electrons. The van der Waals surface area contributed by atoms with Crippen LogP contribution in [0.5, 0.6) is 0 Å². The minimum Gasteiger partial charge on any atom is -0.315 e. The van der Waals surface area contributed by atoms with Gasteiger partial charge in [0.15, 0.2) is 0 Å². The van der Waals surface area contributed by atoms with Gasteiger partial charge in [0.25, 0.3) is 0 Å². The highest BCUT2D eigenvalue weighted by atomic mass is 15.3. The molecular formula is C11H20B3N. The van der Waals surface area contributed by atoms with Crippen molar-refractivity contribution in [1.82, 2.24) is 4.90 Å². The fraction of sp³-hybridized carbons (Fsp3) is 1.00. The highest BCUT2D eigenvalue weighted by Crippen LogP contribution is 2.38. The fourth-order valence-electron chi connectivity index (χ4n) is 2.85. The van der Waals surface area contributed by atoms with E-state index in [1.807, 2.05) is 0 Å². The molecule has 0 amide bonds. The molecule has 0 aromatic rings. The van der Waals surface area contributed by atoms with Crippen molar-refractivity contribution in [3.63, 3.8) is 0 Å². The molecule has 0 bridgehead atoms. The second kappa shape index (κ2) is 4.57. The standard InChI is InChI=1S/C11H20B3N/c1-4-7-10(3,5-2)15-9(12)6-8-11(15,13)14/h9H,4-8H2,1-3H3. The third kappa shape index (κ3) is 2.46. The molecule has 1 nitrogen and oxygen atoms in total. The number of likely N-dealkylation sites (tertiary alicyclic amines) is 1. The third-order valence-electron chi connectivity index (χ3n) is 3.75. The second-order valence-corrected chi connectivity index (χ2v) is 5.07. The minimum atomic E-state index is -0.723. The molecule has 1 aliphatic rings. The Morgan fingerprint density at radius 3 is 2.33 bits per heavy atom. The number of hydrogen-bond acceptors (Lipinski definition) is 1. The van der Waals surface area contributed by atoms with Crippen molar-refractivity contribution in [1.29, 1.82) is 0 Å². The maximum absolute atomic E-state index is 6.13. The van der Waals surface area contributed by atoms with Crippen molar-refractivity contribution >= 4 is 23.5 Å². The monoisotopic (exact) mass is 199 g/mol. The lowest BCUT2D eigenvalue weighted by Gasteiger charge is -2.50. The molecule has 1 heterocycles. The lowest BCUT2D eigenvalue weighted by Crippen LogP contribution is -2.59. The highest BCUT2D eigenvalue weighted by molar-refractivity contribution is 6.40. The molecule has 1 aliphatic heterocycles. The van der Waals surface area contributed by atoms with Gasteiger partial charge in [0.05, 0.1) is 23.5 Å². The van der Waals surface area contributed by atoms with Gasteiger partial charge in [-0.15, -0.1) is 0 Å². The van der Waals surface area contributed by atoms with Gasteiger partial charge in [0.2, 0.25) is 0 Å². The summed E-state index contributed by atoms with van der Waals surface area (Å²) in [7, 11) is 18.4. The quantitative estimate of drug-likeness (QED) is 0.620. The first-order chi connectivity index (χ1) is 6.87. The highest BCUT2D eigenvalue weighted by Gasteiger charge is 2.44. The fourth-order valence-corrected chi connectivity index (χ4v) is 2.85. The molecule has 2 atom stereocenters. The van der Waals surface area contributed by atoms with Crippen molar-refractivity contribution < 1.29 is 0 Å². The smallest absolute Gasteiger partial charge is 0.0910 e. The van der Waals surface area contributed by atoms with Crippen LogP contribution in [0.25, 0.3) is 0 Å². The third-order valence-corrected chi connectivity index (χ3v) is 3.75. The topological polar surface area (TPSA) is 3.24 Å². The molecule has 4 heteroatoms. The van der Waals surface area contributed by atoms with E-state index in [2.05, 4.69) is 25.7 Å². The van der Waals surface area contributed by atoms with E-state index in [9.17, 15) is 0 Å². The van der Waals surface area contributed by atoms with Gasteiger partial charge in [-0.1, -0.05) is 32.0 Å². The van der Waals surface area contributed by atoms with E-state index in [1.165, 1.54) is 0 Å². The minimum absolute atomic E-state index is 0.0106. The van der Waals surface area contributed by atoms with Crippen molar-refractivity contribution in [3.8, 4) is 0 Å². The lowest BCUT2D eigenvalue weighted by atomic mass is 9.59. The van der Waals surface area contributed by atoms with Crippen LogP contribution in [0.2, 0.25) is 0 Å².